The van der Waals surface area contributed by atoms with Crippen LogP contribution in [0, 0.1) is 0 Å². The molecule has 2 aromatic rings. The molecule has 0 saturated carbocycles. The lowest BCUT2D eigenvalue weighted by Crippen LogP contribution is -2.38. The first-order valence-electron chi connectivity index (χ1n) is 10.1. The number of rotatable bonds is 7. The van der Waals surface area contributed by atoms with Crippen molar-refractivity contribution in [3.63, 3.8) is 0 Å². The number of pyridine rings is 1. The Hall–Kier alpha value is -2.62. The van der Waals surface area contributed by atoms with Crippen molar-refractivity contribution in [2.24, 2.45) is 4.99 Å². The van der Waals surface area contributed by atoms with Crippen molar-refractivity contribution >= 4 is 28.9 Å². The van der Waals surface area contributed by atoms with E-state index < -0.39 is 11.7 Å². The summed E-state index contributed by atoms with van der Waals surface area (Å²) in [5, 5.41) is 3.45. The molecule has 0 unspecified atom stereocenters. The predicted octanol–water partition coefficient (Wildman–Crippen LogP) is 5.18. The van der Waals surface area contributed by atoms with Crippen LogP contribution in [0.15, 0.2) is 53.7 Å². The standard InChI is InChI=1S/C22H24ClF3N4O2/c1-2-3-20(29-21-14-16(6-7-27-21)22(24,25)26)28-19-15-17(4-5-18(19)23)32-13-10-30-8-11-31-12-9-30/h2-7,14-15H,8-13H2,1H3,(H,27,28,29)/b3-2-. The first kappa shape index (κ1) is 24.0. The van der Waals surface area contributed by atoms with Gasteiger partial charge in [0.05, 0.1) is 29.5 Å². The summed E-state index contributed by atoms with van der Waals surface area (Å²) in [6.45, 7) is 6.26. The van der Waals surface area contributed by atoms with Crippen LogP contribution in [0.2, 0.25) is 5.02 Å². The minimum atomic E-state index is -4.47. The van der Waals surface area contributed by atoms with E-state index in [4.69, 9.17) is 21.1 Å². The maximum atomic E-state index is 13.0. The lowest BCUT2D eigenvalue weighted by molar-refractivity contribution is -0.137. The molecule has 2 heterocycles. The monoisotopic (exact) mass is 468 g/mol. The van der Waals surface area contributed by atoms with Gasteiger partial charge in [-0.1, -0.05) is 17.7 Å². The Labute approximate surface area is 189 Å². The third-order valence-corrected chi connectivity index (χ3v) is 4.94. The molecule has 0 radical (unpaired) electrons. The maximum Gasteiger partial charge on any atom is 0.416 e. The summed E-state index contributed by atoms with van der Waals surface area (Å²) in [5.74, 6) is 0.823. The van der Waals surface area contributed by atoms with Gasteiger partial charge in [0, 0.05) is 31.9 Å². The molecule has 0 atom stereocenters. The molecule has 1 fully saturated rings. The predicted molar refractivity (Wildman–Crippen MR) is 119 cm³/mol. The Morgan fingerprint density at radius 2 is 2.06 bits per heavy atom. The van der Waals surface area contributed by atoms with Gasteiger partial charge in [-0.15, -0.1) is 0 Å². The van der Waals surface area contributed by atoms with E-state index >= 15 is 0 Å². The number of nitrogens with one attached hydrogen (secondary N) is 1. The van der Waals surface area contributed by atoms with Crippen LogP contribution < -0.4 is 10.1 Å². The number of hydrogen-bond acceptors (Lipinski definition) is 5. The van der Waals surface area contributed by atoms with Gasteiger partial charge < -0.3 is 14.8 Å². The lowest BCUT2D eigenvalue weighted by atomic mass is 10.2. The molecule has 0 spiro atoms. The molecule has 1 aliphatic heterocycles. The number of aliphatic imine (C=N–C) groups is 1. The average molecular weight is 469 g/mol. The Morgan fingerprint density at radius 1 is 1.28 bits per heavy atom. The molecule has 6 nitrogen and oxygen atoms in total. The number of halogens is 4. The smallest absolute Gasteiger partial charge is 0.416 e. The zero-order valence-electron chi connectivity index (χ0n) is 17.5. The topological polar surface area (TPSA) is 59.0 Å². The van der Waals surface area contributed by atoms with Crippen LogP contribution in [0.5, 0.6) is 5.75 Å². The van der Waals surface area contributed by atoms with Crippen LogP contribution >= 0.6 is 11.6 Å². The van der Waals surface area contributed by atoms with Crippen LogP contribution in [0.3, 0.4) is 0 Å². The Balaban J connectivity index is 1.71. The van der Waals surface area contributed by atoms with Crippen molar-refractivity contribution in [2.45, 2.75) is 13.1 Å². The number of ether oxygens (including phenoxy) is 2. The van der Waals surface area contributed by atoms with Crippen LogP contribution in [-0.2, 0) is 10.9 Å². The summed E-state index contributed by atoms with van der Waals surface area (Å²) in [5.41, 5.74) is -0.306. The number of alkyl halides is 3. The Bertz CT molecular complexity index is 960. The van der Waals surface area contributed by atoms with E-state index in [2.05, 4.69) is 20.2 Å². The van der Waals surface area contributed by atoms with Crippen molar-refractivity contribution in [3.8, 4) is 5.75 Å². The highest BCUT2D eigenvalue weighted by molar-refractivity contribution is 6.34. The summed E-state index contributed by atoms with van der Waals surface area (Å²) >= 11 is 6.30. The fourth-order valence-electron chi connectivity index (χ4n) is 2.99. The van der Waals surface area contributed by atoms with Crippen molar-refractivity contribution in [1.29, 1.82) is 0 Å². The molecule has 3 rings (SSSR count). The molecule has 1 N–H and O–H groups in total. The number of hydrogen-bond donors (Lipinski definition) is 1. The van der Waals surface area contributed by atoms with Gasteiger partial charge >= 0.3 is 6.18 Å². The number of nitrogens with zero attached hydrogens (tertiary/aromatic N) is 3. The van der Waals surface area contributed by atoms with Crippen molar-refractivity contribution in [1.82, 2.24) is 9.88 Å². The highest BCUT2D eigenvalue weighted by atomic mass is 35.5. The molecule has 0 aliphatic carbocycles. The quantitative estimate of drug-likeness (QED) is 0.448. The summed E-state index contributed by atoms with van der Waals surface area (Å²) < 4.78 is 50.1. The van der Waals surface area contributed by atoms with E-state index in [0.29, 0.717) is 23.1 Å². The van der Waals surface area contributed by atoms with Crippen molar-refractivity contribution in [3.05, 3.63) is 59.3 Å². The summed E-state index contributed by atoms with van der Waals surface area (Å²) in [6.07, 6.45) is -0.0807. The van der Waals surface area contributed by atoms with Crippen molar-refractivity contribution < 1.29 is 22.6 Å². The van der Waals surface area contributed by atoms with Gasteiger partial charge in [-0.2, -0.15) is 13.2 Å². The van der Waals surface area contributed by atoms with Crippen LogP contribution in [-0.4, -0.2) is 55.2 Å². The Morgan fingerprint density at radius 3 is 2.78 bits per heavy atom. The number of allylic oxidation sites excluding steroid dienone is 1. The van der Waals surface area contributed by atoms with Gasteiger partial charge in [0.1, 0.15) is 18.2 Å². The van der Waals surface area contributed by atoms with Gasteiger partial charge in [0.15, 0.2) is 5.82 Å². The van der Waals surface area contributed by atoms with E-state index in [1.165, 1.54) is 0 Å². The molecule has 1 aromatic carbocycles. The molecule has 1 aliphatic rings. The summed E-state index contributed by atoms with van der Waals surface area (Å²) in [4.78, 5) is 10.4. The molecule has 172 valence electrons. The maximum absolute atomic E-state index is 13.0. The average Bonchev–Trinajstić information content (AvgIpc) is 2.76. The first-order chi connectivity index (χ1) is 15.3. The summed E-state index contributed by atoms with van der Waals surface area (Å²) in [7, 11) is 0. The van der Waals surface area contributed by atoms with E-state index in [1.807, 2.05) is 0 Å². The zero-order valence-corrected chi connectivity index (χ0v) is 18.3. The van der Waals surface area contributed by atoms with Gasteiger partial charge in [0.25, 0.3) is 0 Å². The van der Waals surface area contributed by atoms with Crippen LogP contribution in [0.4, 0.5) is 24.7 Å². The molecular weight excluding hydrogens is 445 g/mol. The normalized spacial score (nSPS) is 15.8. The van der Waals surface area contributed by atoms with E-state index in [1.54, 1.807) is 37.3 Å². The summed E-state index contributed by atoms with van der Waals surface area (Å²) in [6, 6.07) is 6.95. The second-order valence-electron chi connectivity index (χ2n) is 6.97. The Kier molecular flexibility index (Phi) is 8.49. The minimum Gasteiger partial charge on any atom is -0.492 e. The zero-order chi connectivity index (χ0) is 23.0. The first-order valence-corrected chi connectivity index (χ1v) is 10.5. The highest BCUT2D eigenvalue weighted by Gasteiger charge is 2.30. The minimum absolute atomic E-state index is 0.0746. The number of morpholine rings is 1. The number of benzene rings is 1. The molecule has 10 heteroatoms. The van der Waals surface area contributed by atoms with Gasteiger partial charge in [-0.3, -0.25) is 4.90 Å². The molecule has 0 bridgehead atoms. The SMILES string of the molecule is C/C=C\C(=Nc1cc(C(F)(F)F)ccn1)Nc1cc(OCCN2CCOCC2)ccc1Cl. The van der Waals surface area contributed by atoms with Crippen LogP contribution in [0.1, 0.15) is 12.5 Å². The van der Waals surface area contributed by atoms with Gasteiger partial charge in [-0.25, -0.2) is 9.98 Å². The van der Waals surface area contributed by atoms with E-state index in [-0.39, 0.29) is 11.7 Å². The second kappa shape index (κ2) is 11.3. The molecule has 0 amide bonds. The molecule has 1 aromatic heterocycles. The van der Waals surface area contributed by atoms with Crippen LogP contribution in [0.25, 0.3) is 0 Å². The number of anilines is 1. The highest BCUT2D eigenvalue weighted by Crippen LogP contribution is 2.31. The fraction of sp³-hybridized carbons (Fsp3) is 0.364. The largest absolute Gasteiger partial charge is 0.492 e. The second-order valence-corrected chi connectivity index (χ2v) is 7.37. The molecule has 1 saturated heterocycles. The third-order valence-electron chi connectivity index (χ3n) is 4.61. The number of amidine groups is 1. The fourth-order valence-corrected chi connectivity index (χ4v) is 3.15. The molecule has 32 heavy (non-hydrogen) atoms. The van der Waals surface area contributed by atoms with E-state index in [9.17, 15) is 13.2 Å². The van der Waals surface area contributed by atoms with Gasteiger partial charge in [0.2, 0.25) is 0 Å². The molecular formula is C22H24ClF3N4O2. The number of aromatic nitrogens is 1. The van der Waals surface area contributed by atoms with E-state index in [0.717, 1.165) is 51.2 Å². The third kappa shape index (κ3) is 7.22. The van der Waals surface area contributed by atoms with Crippen molar-refractivity contribution in [2.75, 3.05) is 44.8 Å². The van der Waals surface area contributed by atoms with Gasteiger partial charge in [-0.05, 0) is 37.3 Å². The lowest BCUT2D eigenvalue weighted by Gasteiger charge is -2.26.